The Morgan fingerprint density at radius 1 is 1.15 bits per heavy atom. The summed E-state index contributed by atoms with van der Waals surface area (Å²) in [7, 11) is 1.96. The van der Waals surface area contributed by atoms with Crippen LogP contribution in [0.4, 0.5) is 11.6 Å². The Labute approximate surface area is 122 Å². The van der Waals surface area contributed by atoms with Crippen molar-refractivity contribution in [1.82, 2.24) is 9.97 Å². The van der Waals surface area contributed by atoms with Gasteiger partial charge in [-0.1, -0.05) is 6.92 Å². The Kier molecular flexibility index (Phi) is 3.57. The van der Waals surface area contributed by atoms with Gasteiger partial charge in [-0.2, -0.15) is 0 Å². The first-order chi connectivity index (χ1) is 9.61. The number of nitrogens with one attached hydrogen (secondary N) is 1. The second-order valence-corrected chi connectivity index (χ2v) is 6.46. The quantitative estimate of drug-likeness (QED) is 0.918. The summed E-state index contributed by atoms with van der Waals surface area (Å²) in [5, 5.41) is 3.25. The Morgan fingerprint density at radius 2 is 1.90 bits per heavy atom. The smallest absolute Gasteiger partial charge is 0.137 e. The molecular weight excluding hydrogens is 248 g/mol. The second-order valence-electron chi connectivity index (χ2n) is 6.46. The molecule has 0 bridgehead atoms. The van der Waals surface area contributed by atoms with Crippen molar-refractivity contribution >= 4 is 11.6 Å². The maximum atomic E-state index is 4.93. The normalized spacial score (nSPS) is 26.7. The van der Waals surface area contributed by atoms with Crippen molar-refractivity contribution in [2.24, 2.45) is 5.92 Å². The van der Waals surface area contributed by atoms with Gasteiger partial charge in [0.1, 0.15) is 17.5 Å². The molecule has 2 fully saturated rings. The molecule has 3 rings (SSSR count). The topological polar surface area (TPSA) is 41.1 Å². The molecule has 4 heteroatoms. The van der Waals surface area contributed by atoms with E-state index in [1.807, 2.05) is 7.05 Å². The summed E-state index contributed by atoms with van der Waals surface area (Å²) >= 11 is 0. The largest absolute Gasteiger partial charge is 0.373 e. The van der Waals surface area contributed by atoms with Crippen LogP contribution in [0.15, 0.2) is 0 Å². The van der Waals surface area contributed by atoms with Gasteiger partial charge in [0.25, 0.3) is 0 Å². The van der Waals surface area contributed by atoms with Gasteiger partial charge in [-0.25, -0.2) is 9.97 Å². The first kappa shape index (κ1) is 13.7. The standard InChI is InChI=1S/C16H26N4/c1-10-6-5-9-20(12(10)3)16-11(2)14(17-4)18-15(19-16)13-7-8-13/h10,12-13H,5-9H2,1-4H3,(H,17,18,19). The van der Waals surface area contributed by atoms with Crippen LogP contribution in [0.2, 0.25) is 0 Å². The van der Waals surface area contributed by atoms with Crippen molar-refractivity contribution in [2.45, 2.75) is 58.4 Å². The van der Waals surface area contributed by atoms with Crippen molar-refractivity contribution in [1.29, 1.82) is 0 Å². The SMILES string of the molecule is CNc1nc(C2CC2)nc(N2CCCC(C)C2C)c1C. The predicted molar refractivity (Wildman–Crippen MR) is 83.5 cm³/mol. The van der Waals surface area contributed by atoms with E-state index < -0.39 is 0 Å². The van der Waals surface area contributed by atoms with E-state index >= 15 is 0 Å². The summed E-state index contributed by atoms with van der Waals surface area (Å²) in [6.45, 7) is 7.95. The summed E-state index contributed by atoms with van der Waals surface area (Å²) in [5.41, 5.74) is 1.19. The molecule has 2 aliphatic rings. The third-order valence-electron chi connectivity index (χ3n) is 4.96. The average molecular weight is 274 g/mol. The molecule has 1 aliphatic carbocycles. The molecular formula is C16H26N4. The molecule has 20 heavy (non-hydrogen) atoms. The number of anilines is 2. The maximum Gasteiger partial charge on any atom is 0.137 e. The van der Waals surface area contributed by atoms with Crippen LogP contribution < -0.4 is 10.2 Å². The second kappa shape index (κ2) is 5.23. The first-order valence-electron chi connectivity index (χ1n) is 7.94. The van der Waals surface area contributed by atoms with Gasteiger partial charge in [0.05, 0.1) is 0 Å². The number of piperidine rings is 1. The van der Waals surface area contributed by atoms with Gasteiger partial charge in [-0.15, -0.1) is 0 Å². The Balaban J connectivity index is 2.00. The predicted octanol–water partition coefficient (Wildman–Crippen LogP) is 3.33. The molecule has 1 saturated heterocycles. The molecule has 0 radical (unpaired) electrons. The highest BCUT2D eigenvalue weighted by Gasteiger charge is 2.31. The zero-order valence-corrected chi connectivity index (χ0v) is 13.1. The lowest BCUT2D eigenvalue weighted by Crippen LogP contribution is -2.43. The molecule has 2 unspecified atom stereocenters. The van der Waals surface area contributed by atoms with Gasteiger partial charge >= 0.3 is 0 Å². The van der Waals surface area contributed by atoms with E-state index in [1.54, 1.807) is 0 Å². The summed E-state index contributed by atoms with van der Waals surface area (Å²) in [6.07, 6.45) is 5.09. The molecule has 1 aromatic rings. The molecule has 0 aromatic carbocycles. The minimum absolute atomic E-state index is 0.564. The van der Waals surface area contributed by atoms with Gasteiger partial charge in [0, 0.05) is 31.1 Å². The Hall–Kier alpha value is -1.32. The first-order valence-corrected chi connectivity index (χ1v) is 7.94. The molecule has 1 saturated carbocycles. The number of rotatable bonds is 3. The van der Waals surface area contributed by atoms with Gasteiger partial charge in [-0.05, 0) is 45.4 Å². The molecule has 2 atom stereocenters. The van der Waals surface area contributed by atoms with E-state index in [0.29, 0.717) is 12.0 Å². The third-order valence-corrected chi connectivity index (χ3v) is 4.96. The van der Waals surface area contributed by atoms with Crippen LogP contribution in [0.1, 0.15) is 56.8 Å². The number of hydrogen-bond donors (Lipinski definition) is 1. The minimum atomic E-state index is 0.564. The summed E-state index contributed by atoms with van der Waals surface area (Å²) in [6, 6.07) is 0.564. The lowest BCUT2D eigenvalue weighted by molar-refractivity contribution is 0.361. The molecule has 1 aliphatic heterocycles. The van der Waals surface area contributed by atoms with Crippen molar-refractivity contribution in [2.75, 3.05) is 23.8 Å². The van der Waals surface area contributed by atoms with E-state index in [1.165, 1.54) is 31.2 Å². The highest BCUT2D eigenvalue weighted by Crippen LogP contribution is 2.40. The fourth-order valence-electron chi connectivity index (χ4n) is 3.20. The Bertz CT molecular complexity index is 495. The summed E-state index contributed by atoms with van der Waals surface area (Å²) < 4.78 is 0. The zero-order chi connectivity index (χ0) is 14.3. The lowest BCUT2D eigenvalue weighted by atomic mass is 9.92. The molecule has 2 heterocycles. The van der Waals surface area contributed by atoms with Gasteiger partial charge in [0.2, 0.25) is 0 Å². The van der Waals surface area contributed by atoms with Crippen LogP contribution in [0, 0.1) is 12.8 Å². The monoisotopic (exact) mass is 274 g/mol. The minimum Gasteiger partial charge on any atom is -0.373 e. The van der Waals surface area contributed by atoms with E-state index in [9.17, 15) is 0 Å². The van der Waals surface area contributed by atoms with Crippen LogP contribution in [0.3, 0.4) is 0 Å². The molecule has 0 amide bonds. The number of hydrogen-bond acceptors (Lipinski definition) is 4. The molecule has 110 valence electrons. The van der Waals surface area contributed by atoms with Gasteiger partial charge < -0.3 is 10.2 Å². The van der Waals surface area contributed by atoms with E-state index in [4.69, 9.17) is 9.97 Å². The number of nitrogens with zero attached hydrogens (tertiary/aromatic N) is 3. The van der Waals surface area contributed by atoms with Gasteiger partial charge in [-0.3, -0.25) is 0 Å². The number of aromatic nitrogens is 2. The Morgan fingerprint density at radius 3 is 2.55 bits per heavy atom. The summed E-state index contributed by atoms with van der Waals surface area (Å²) in [4.78, 5) is 12.1. The third kappa shape index (κ3) is 2.36. The van der Waals surface area contributed by atoms with E-state index in [0.717, 1.165) is 29.9 Å². The lowest BCUT2D eigenvalue weighted by Gasteiger charge is -2.39. The van der Waals surface area contributed by atoms with Crippen LogP contribution in [0.5, 0.6) is 0 Å². The highest BCUT2D eigenvalue weighted by molar-refractivity contribution is 5.59. The van der Waals surface area contributed by atoms with Crippen LogP contribution >= 0.6 is 0 Å². The van der Waals surface area contributed by atoms with Crippen LogP contribution in [-0.2, 0) is 0 Å². The maximum absolute atomic E-state index is 4.93. The van der Waals surface area contributed by atoms with Crippen molar-refractivity contribution in [3.05, 3.63) is 11.4 Å². The van der Waals surface area contributed by atoms with E-state index in [2.05, 4.69) is 31.0 Å². The molecule has 1 aromatic heterocycles. The molecule has 0 spiro atoms. The molecule has 1 N–H and O–H groups in total. The highest BCUT2D eigenvalue weighted by atomic mass is 15.2. The van der Waals surface area contributed by atoms with Crippen LogP contribution in [-0.4, -0.2) is 29.6 Å². The van der Waals surface area contributed by atoms with Crippen molar-refractivity contribution in [3.63, 3.8) is 0 Å². The van der Waals surface area contributed by atoms with Crippen molar-refractivity contribution in [3.8, 4) is 0 Å². The fourth-order valence-corrected chi connectivity index (χ4v) is 3.20. The zero-order valence-electron chi connectivity index (χ0n) is 13.1. The summed E-state index contributed by atoms with van der Waals surface area (Å²) in [5.74, 6) is 4.53. The van der Waals surface area contributed by atoms with Crippen molar-refractivity contribution < 1.29 is 0 Å². The fraction of sp³-hybridized carbons (Fsp3) is 0.750. The van der Waals surface area contributed by atoms with Gasteiger partial charge in [0.15, 0.2) is 0 Å². The average Bonchev–Trinajstić information content (AvgIpc) is 3.27. The van der Waals surface area contributed by atoms with Crippen LogP contribution in [0.25, 0.3) is 0 Å². The molecule has 4 nitrogen and oxygen atoms in total. The van der Waals surface area contributed by atoms with E-state index in [-0.39, 0.29) is 0 Å².